The number of fused-ring (bicyclic) bond motifs is 1. The Morgan fingerprint density at radius 3 is 2.21 bits per heavy atom. The molecule has 0 aromatic carbocycles. The Kier molecular flexibility index (Phi) is 3.80. The monoisotopic (exact) mass is 260 g/mol. The Labute approximate surface area is 120 Å². The number of allylic oxidation sites excluding steroid dienone is 1. The molecule has 0 nitrogen and oxygen atoms in total. The molecule has 5 atom stereocenters. The number of hydrogen-bond acceptors (Lipinski definition) is 0. The quantitative estimate of drug-likeness (QED) is 0.482. The molecule has 3 aliphatic carbocycles. The molecular formula is C19H32. The molecule has 3 fully saturated rings. The molecule has 0 heterocycles. The lowest BCUT2D eigenvalue weighted by Crippen LogP contribution is -2.36. The fourth-order valence-corrected chi connectivity index (χ4v) is 5.79. The largest absolute Gasteiger partial charge is 0.103 e. The highest BCUT2D eigenvalue weighted by molar-refractivity contribution is 5.21. The fourth-order valence-electron chi connectivity index (χ4n) is 5.79. The van der Waals surface area contributed by atoms with E-state index in [1.165, 1.54) is 38.5 Å². The van der Waals surface area contributed by atoms with Gasteiger partial charge in [0.05, 0.1) is 0 Å². The van der Waals surface area contributed by atoms with Crippen molar-refractivity contribution >= 4 is 0 Å². The molecule has 0 aromatic rings. The third-order valence-corrected chi connectivity index (χ3v) is 7.03. The van der Waals surface area contributed by atoms with Crippen LogP contribution in [0.5, 0.6) is 0 Å². The second-order valence-corrected chi connectivity index (χ2v) is 7.64. The SMILES string of the molecule is C=CCC(CC)CC1(C2CCC2CCC)C2CCC21. The summed E-state index contributed by atoms with van der Waals surface area (Å²) >= 11 is 0. The minimum atomic E-state index is 0.821. The van der Waals surface area contributed by atoms with Crippen molar-refractivity contribution in [3.05, 3.63) is 12.7 Å². The summed E-state index contributed by atoms with van der Waals surface area (Å²) in [6.07, 6.45) is 15.4. The molecular weight excluding hydrogens is 228 g/mol. The number of hydrogen-bond donors (Lipinski definition) is 0. The Morgan fingerprint density at radius 2 is 1.79 bits per heavy atom. The summed E-state index contributed by atoms with van der Waals surface area (Å²) in [5.41, 5.74) is 0.821. The van der Waals surface area contributed by atoms with Crippen molar-refractivity contribution in [3.8, 4) is 0 Å². The van der Waals surface area contributed by atoms with Crippen LogP contribution in [0.15, 0.2) is 12.7 Å². The molecule has 0 saturated heterocycles. The van der Waals surface area contributed by atoms with Gasteiger partial charge in [0.15, 0.2) is 0 Å². The van der Waals surface area contributed by atoms with Crippen LogP contribution in [-0.4, -0.2) is 0 Å². The zero-order valence-electron chi connectivity index (χ0n) is 13.0. The van der Waals surface area contributed by atoms with Gasteiger partial charge in [0.25, 0.3) is 0 Å². The van der Waals surface area contributed by atoms with E-state index in [-0.39, 0.29) is 0 Å². The molecule has 5 unspecified atom stereocenters. The highest BCUT2D eigenvalue weighted by Crippen LogP contribution is 2.79. The van der Waals surface area contributed by atoms with Crippen LogP contribution >= 0.6 is 0 Å². The molecule has 0 aromatic heterocycles. The molecule has 0 amide bonds. The average Bonchev–Trinajstić information content (AvgIpc) is 2.77. The van der Waals surface area contributed by atoms with Gasteiger partial charge in [-0.2, -0.15) is 0 Å². The van der Waals surface area contributed by atoms with E-state index in [4.69, 9.17) is 0 Å². The van der Waals surface area contributed by atoms with E-state index < -0.39 is 0 Å². The van der Waals surface area contributed by atoms with Gasteiger partial charge in [0.1, 0.15) is 0 Å². The summed E-state index contributed by atoms with van der Waals surface area (Å²) < 4.78 is 0. The molecule has 108 valence electrons. The zero-order chi connectivity index (χ0) is 13.5. The lowest BCUT2D eigenvalue weighted by Gasteiger charge is -2.44. The maximum absolute atomic E-state index is 3.98. The Bertz CT molecular complexity index is 319. The van der Waals surface area contributed by atoms with Gasteiger partial charge in [0.2, 0.25) is 0 Å². The first-order valence-electron chi connectivity index (χ1n) is 8.88. The second kappa shape index (κ2) is 5.26. The molecule has 0 aliphatic heterocycles. The topological polar surface area (TPSA) is 0 Å². The van der Waals surface area contributed by atoms with Gasteiger partial charge in [-0.25, -0.2) is 0 Å². The molecule has 0 spiro atoms. The van der Waals surface area contributed by atoms with Gasteiger partial charge in [-0.3, -0.25) is 0 Å². The summed E-state index contributed by atoms with van der Waals surface area (Å²) in [6, 6.07) is 0. The summed E-state index contributed by atoms with van der Waals surface area (Å²) in [5.74, 6) is 5.43. The molecule has 0 radical (unpaired) electrons. The van der Waals surface area contributed by atoms with Crippen molar-refractivity contribution in [1.82, 2.24) is 0 Å². The Balaban J connectivity index is 1.68. The first kappa shape index (κ1) is 13.7. The average molecular weight is 260 g/mol. The van der Waals surface area contributed by atoms with E-state index in [0.29, 0.717) is 0 Å². The van der Waals surface area contributed by atoms with Crippen LogP contribution in [0.2, 0.25) is 0 Å². The molecule has 19 heavy (non-hydrogen) atoms. The van der Waals surface area contributed by atoms with Crippen molar-refractivity contribution in [3.63, 3.8) is 0 Å². The van der Waals surface area contributed by atoms with Crippen molar-refractivity contribution in [2.75, 3.05) is 0 Å². The third kappa shape index (κ3) is 2.01. The van der Waals surface area contributed by atoms with E-state index >= 15 is 0 Å². The van der Waals surface area contributed by atoms with Gasteiger partial charge < -0.3 is 0 Å². The lowest BCUT2D eigenvalue weighted by atomic mass is 9.60. The van der Waals surface area contributed by atoms with E-state index in [1.54, 1.807) is 19.3 Å². The van der Waals surface area contributed by atoms with Crippen LogP contribution in [0.25, 0.3) is 0 Å². The van der Waals surface area contributed by atoms with E-state index in [2.05, 4.69) is 26.5 Å². The predicted molar refractivity (Wildman–Crippen MR) is 83.0 cm³/mol. The third-order valence-electron chi connectivity index (χ3n) is 7.03. The molecule has 0 bridgehead atoms. The normalized spacial score (nSPS) is 44.7. The molecule has 3 rings (SSSR count). The zero-order valence-corrected chi connectivity index (χ0v) is 13.0. The Morgan fingerprint density at radius 1 is 1.11 bits per heavy atom. The van der Waals surface area contributed by atoms with Crippen LogP contribution in [0.1, 0.15) is 71.6 Å². The van der Waals surface area contributed by atoms with E-state index in [0.717, 1.165) is 35.0 Å². The maximum atomic E-state index is 3.98. The second-order valence-electron chi connectivity index (χ2n) is 7.64. The van der Waals surface area contributed by atoms with E-state index in [9.17, 15) is 0 Å². The van der Waals surface area contributed by atoms with Gasteiger partial charge in [-0.1, -0.05) is 39.2 Å². The standard InChI is InChI=1S/C19H32/c1-4-7-14(6-3)13-19(17-11-12-18(17)19)16-10-9-15(16)8-5-2/h4,14-18H,1,5-13H2,2-3H3. The number of rotatable bonds is 8. The van der Waals surface area contributed by atoms with Crippen LogP contribution in [0.3, 0.4) is 0 Å². The summed E-state index contributed by atoms with van der Waals surface area (Å²) in [7, 11) is 0. The molecule has 3 saturated carbocycles. The van der Waals surface area contributed by atoms with Crippen LogP contribution in [0, 0.1) is 35.0 Å². The van der Waals surface area contributed by atoms with Gasteiger partial charge in [0, 0.05) is 0 Å². The lowest BCUT2D eigenvalue weighted by molar-refractivity contribution is 0.0509. The minimum absolute atomic E-state index is 0.821. The predicted octanol–water partition coefficient (Wildman–Crippen LogP) is 5.83. The highest BCUT2D eigenvalue weighted by Gasteiger charge is 2.73. The molecule has 0 heteroatoms. The minimum Gasteiger partial charge on any atom is -0.103 e. The highest BCUT2D eigenvalue weighted by atomic mass is 14.8. The van der Waals surface area contributed by atoms with Crippen molar-refractivity contribution < 1.29 is 0 Å². The first-order chi connectivity index (χ1) is 9.27. The first-order valence-corrected chi connectivity index (χ1v) is 8.88. The maximum Gasteiger partial charge on any atom is -0.0202 e. The fraction of sp³-hybridized carbons (Fsp3) is 0.895. The Hall–Kier alpha value is -0.260. The smallest absolute Gasteiger partial charge is 0.0202 e. The molecule has 3 aliphatic rings. The van der Waals surface area contributed by atoms with Crippen LogP contribution < -0.4 is 0 Å². The van der Waals surface area contributed by atoms with Crippen molar-refractivity contribution in [2.24, 2.45) is 35.0 Å². The summed E-state index contributed by atoms with van der Waals surface area (Å²) in [6.45, 7) is 8.73. The van der Waals surface area contributed by atoms with Crippen molar-refractivity contribution in [1.29, 1.82) is 0 Å². The van der Waals surface area contributed by atoms with Crippen LogP contribution in [-0.2, 0) is 0 Å². The van der Waals surface area contributed by atoms with Crippen LogP contribution in [0.4, 0.5) is 0 Å². The van der Waals surface area contributed by atoms with Gasteiger partial charge in [-0.05, 0) is 73.5 Å². The van der Waals surface area contributed by atoms with Gasteiger partial charge in [-0.15, -0.1) is 6.58 Å². The van der Waals surface area contributed by atoms with E-state index in [1.807, 2.05) is 0 Å². The summed E-state index contributed by atoms with van der Waals surface area (Å²) in [4.78, 5) is 0. The molecule has 0 N–H and O–H groups in total. The van der Waals surface area contributed by atoms with Gasteiger partial charge >= 0.3 is 0 Å². The summed E-state index contributed by atoms with van der Waals surface area (Å²) in [5, 5.41) is 0. The van der Waals surface area contributed by atoms with Crippen molar-refractivity contribution in [2.45, 2.75) is 71.6 Å².